The first kappa shape index (κ1) is 23.4. The lowest BCUT2D eigenvalue weighted by Gasteiger charge is -2.13. The van der Waals surface area contributed by atoms with Crippen molar-refractivity contribution in [2.45, 2.75) is 33.5 Å². The fourth-order valence-electron chi connectivity index (χ4n) is 3.77. The van der Waals surface area contributed by atoms with Crippen LogP contribution in [0.1, 0.15) is 18.2 Å². The Balaban J connectivity index is 1.81. The van der Waals surface area contributed by atoms with E-state index in [1.807, 2.05) is 0 Å². The number of aryl methyl sites for hydroxylation is 2. The van der Waals surface area contributed by atoms with Crippen molar-refractivity contribution in [3.05, 3.63) is 91.2 Å². The fraction of sp³-hybridized carbons (Fsp3) is 0.217. The van der Waals surface area contributed by atoms with E-state index >= 15 is 0 Å². The third kappa shape index (κ3) is 4.36. The molecule has 1 amide bonds. The topological polar surface area (TPSA) is 90.9 Å². The first-order valence-corrected chi connectivity index (χ1v) is 10.8. The van der Waals surface area contributed by atoms with Gasteiger partial charge in [-0.2, -0.15) is 5.10 Å². The summed E-state index contributed by atoms with van der Waals surface area (Å²) in [7, 11) is 0. The number of anilines is 1. The summed E-state index contributed by atoms with van der Waals surface area (Å²) in [6.45, 7) is 3.28. The number of halogens is 3. The van der Waals surface area contributed by atoms with Crippen molar-refractivity contribution in [2.75, 3.05) is 5.32 Å². The molecule has 0 bridgehead atoms. The molecule has 0 radical (unpaired) electrons. The number of nitrogens with one attached hydrogen (secondary N) is 1. The van der Waals surface area contributed by atoms with Gasteiger partial charge in [0.2, 0.25) is 5.91 Å². The van der Waals surface area contributed by atoms with Gasteiger partial charge in [-0.1, -0.05) is 23.7 Å². The Morgan fingerprint density at radius 2 is 1.76 bits per heavy atom. The molecule has 0 saturated heterocycles. The minimum atomic E-state index is -0.715. The maximum Gasteiger partial charge on any atom is 0.332 e. The Kier molecular flexibility index (Phi) is 6.34. The number of hydrogen-bond acceptors (Lipinski definition) is 4. The molecule has 0 spiro atoms. The molecule has 0 aliphatic heterocycles. The Bertz CT molecular complexity index is 1520. The predicted molar refractivity (Wildman–Crippen MR) is 124 cm³/mol. The normalized spacial score (nSPS) is 11.2. The van der Waals surface area contributed by atoms with E-state index in [0.29, 0.717) is 17.8 Å². The number of carbonyl (C=O) groups excluding carboxylic acids is 1. The average Bonchev–Trinajstić information content (AvgIpc) is 3.14. The maximum absolute atomic E-state index is 13.4. The summed E-state index contributed by atoms with van der Waals surface area (Å²) in [5.41, 5.74) is 0.357. The number of carbonyl (C=O) groups is 1. The third-order valence-corrected chi connectivity index (χ3v) is 5.62. The highest BCUT2D eigenvalue weighted by Gasteiger charge is 2.22. The number of hydrogen-bond donors (Lipinski definition) is 1. The molecule has 4 rings (SSSR count). The second-order valence-corrected chi connectivity index (χ2v) is 8.07. The van der Waals surface area contributed by atoms with Crippen molar-refractivity contribution in [3.8, 4) is 0 Å². The lowest BCUT2D eigenvalue weighted by Crippen LogP contribution is -2.42. The summed E-state index contributed by atoms with van der Waals surface area (Å²) in [5.74, 6) is -1.66. The Hall–Kier alpha value is -3.79. The van der Waals surface area contributed by atoms with Crippen LogP contribution in [0.2, 0.25) is 5.02 Å². The van der Waals surface area contributed by atoms with Crippen molar-refractivity contribution in [1.82, 2.24) is 18.9 Å². The van der Waals surface area contributed by atoms with E-state index in [9.17, 15) is 23.2 Å². The van der Waals surface area contributed by atoms with Crippen LogP contribution in [0.25, 0.3) is 11.0 Å². The highest BCUT2D eigenvalue weighted by molar-refractivity contribution is 6.31. The van der Waals surface area contributed by atoms with E-state index in [4.69, 9.17) is 11.6 Å². The van der Waals surface area contributed by atoms with E-state index in [1.54, 1.807) is 13.8 Å². The number of fused-ring (bicyclic) bond motifs is 1. The zero-order valence-corrected chi connectivity index (χ0v) is 19.1. The second-order valence-electron chi connectivity index (χ2n) is 7.66. The minimum absolute atomic E-state index is 0.114. The zero-order chi connectivity index (χ0) is 24.6. The van der Waals surface area contributed by atoms with Crippen LogP contribution in [0.5, 0.6) is 0 Å². The highest BCUT2D eigenvalue weighted by atomic mass is 35.5. The number of benzene rings is 2. The largest absolute Gasteiger partial charge is 0.332 e. The van der Waals surface area contributed by atoms with Crippen molar-refractivity contribution < 1.29 is 13.6 Å². The molecule has 1 N–H and O–H groups in total. The van der Waals surface area contributed by atoms with Gasteiger partial charge in [0, 0.05) is 12.2 Å². The molecule has 0 atom stereocenters. The van der Waals surface area contributed by atoms with Crippen molar-refractivity contribution >= 4 is 34.2 Å². The van der Waals surface area contributed by atoms with Gasteiger partial charge in [-0.05, 0) is 49.7 Å². The predicted octanol–water partition coefficient (Wildman–Crippen LogP) is 3.31. The molecular formula is C23H20ClF2N5O3. The van der Waals surface area contributed by atoms with Crippen LogP contribution in [0, 0.1) is 18.6 Å². The van der Waals surface area contributed by atoms with Gasteiger partial charge < -0.3 is 5.32 Å². The summed E-state index contributed by atoms with van der Waals surface area (Å²) in [6, 6.07) is 9.13. The number of nitrogens with zero attached hydrogens (tertiary/aromatic N) is 4. The SMILES string of the molecule is CCn1nc(C)c2c1c(=O)n(Cc1ccc(F)cc1)c(=O)n2CC(=O)Nc1ccc(F)c(Cl)c1. The molecule has 4 aromatic rings. The first-order chi connectivity index (χ1) is 16.2. The third-order valence-electron chi connectivity index (χ3n) is 5.33. The molecule has 0 unspecified atom stereocenters. The van der Waals surface area contributed by atoms with Crippen molar-refractivity contribution in [2.24, 2.45) is 0 Å². The van der Waals surface area contributed by atoms with Crippen LogP contribution in [-0.4, -0.2) is 24.8 Å². The van der Waals surface area contributed by atoms with Gasteiger partial charge in [-0.25, -0.2) is 13.6 Å². The molecule has 0 saturated carbocycles. The van der Waals surface area contributed by atoms with E-state index in [0.717, 1.165) is 10.6 Å². The monoisotopic (exact) mass is 487 g/mol. The maximum atomic E-state index is 13.4. The van der Waals surface area contributed by atoms with Crippen molar-refractivity contribution in [1.29, 1.82) is 0 Å². The van der Waals surface area contributed by atoms with Crippen LogP contribution < -0.4 is 16.6 Å². The Labute approximate surface area is 197 Å². The van der Waals surface area contributed by atoms with Gasteiger partial charge in [0.15, 0.2) is 5.52 Å². The van der Waals surface area contributed by atoms with Gasteiger partial charge in [0.05, 0.1) is 17.3 Å². The van der Waals surface area contributed by atoms with Crippen LogP contribution in [0.3, 0.4) is 0 Å². The average molecular weight is 488 g/mol. The van der Waals surface area contributed by atoms with Gasteiger partial charge in [-0.15, -0.1) is 0 Å². The molecule has 2 heterocycles. The molecule has 34 heavy (non-hydrogen) atoms. The van der Waals surface area contributed by atoms with E-state index < -0.39 is 35.3 Å². The van der Waals surface area contributed by atoms with E-state index in [-0.39, 0.29) is 28.3 Å². The van der Waals surface area contributed by atoms with Crippen LogP contribution in [0.15, 0.2) is 52.1 Å². The molecule has 11 heteroatoms. The summed E-state index contributed by atoms with van der Waals surface area (Å²) in [5, 5.41) is 6.76. The molecule has 2 aromatic carbocycles. The lowest BCUT2D eigenvalue weighted by atomic mass is 10.2. The number of rotatable bonds is 6. The zero-order valence-electron chi connectivity index (χ0n) is 18.3. The van der Waals surface area contributed by atoms with Gasteiger partial charge >= 0.3 is 5.69 Å². The lowest BCUT2D eigenvalue weighted by molar-refractivity contribution is -0.116. The van der Waals surface area contributed by atoms with E-state index in [1.165, 1.54) is 45.6 Å². The molecule has 0 aliphatic rings. The molecule has 8 nitrogen and oxygen atoms in total. The van der Waals surface area contributed by atoms with E-state index in [2.05, 4.69) is 10.4 Å². The summed E-state index contributed by atoms with van der Waals surface area (Å²) >= 11 is 5.77. The summed E-state index contributed by atoms with van der Waals surface area (Å²) in [4.78, 5) is 39.4. The van der Waals surface area contributed by atoms with Gasteiger partial charge in [0.25, 0.3) is 5.56 Å². The molecular weight excluding hydrogens is 468 g/mol. The highest BCUT2D eigenvalue weighted by Crippen LogP contribution is 2.20. The minimum Gasteiger partial charge on any atom is -0.324 e. The second kappa shape index (κ2) is 9.22. The van der Waals surface area contributed by atoms with Crippen LogP contribution in [-0.2, 0) is 24.4 Å². The number of aromatic nitrogens is 4. The van der Waals surface area contributed by atoms with Gasteiger partial charge in [0.1, 0.15) is 23.7 Å². The molecule has 2 aromatic heterocycles. The quantitative estimate of drug-likeness (QED) is 0.452. The molecule has 176 valence electrons. The first-order valence-electron chi connectivity index (χ1n) is 10.4. The molecule has 0 aliphatic carbocycles. The standard InChI is InChI=1S/C23H20ClF2N5O3/c1-3-31-21-20(13(2)28-31)29(12-19(32)27-16-8-9-18(26)17(24)10-16)23(34)30(22(21)33)11-14-4-6-15(25)7-5-14/h4-10H,3,11-12H2,1-2H3,(H,27,32). The Morgan fingerprint density at radius 3 is 2.41 bits per heavy atom. The fourth-order valence-corrected chi connectivity index (χ4v) is 3.95. The number of amides is 1. The molecule has 0 fully saturated rings. The Morgan fingerprint density at radius 1 is 1.06 bits per heavy atom. The smallest absolute Gasteiger partial charge is 0.324 e. The van der Waals surface area contributed by atoms with Crippen molar-refractivity contribution in [3.63, 3.8) is 0 Å². The summed E-state index contributed by atoms with van der Waals surface area (Å²) in [6.07, 6.45) is 0. The van der Waals surface area contributed by atoms with Crippen LogP contribution in [0.4, 0.5) is 14.5 Å². The van der Waals surface area contributed by atoms with Gasteiger partial charge in [-0.3, -0.25) is 23.4 Å². The van der Waals surface area contributed by atoms with Crippen LogP contribution >= 0.6 is 11.6 Å². The summed E-state index contributed by atoms with van der Waals surface area (Å²) < 4.78 is 30.4.